The van der Waals surface area contributed by atoms with Crippen molar-refractivity contribution in [2.75, 3.05) is 24.6 Å². The Morgan fingerprint density at radius 2 is 2.10 bits per heavy atom. The van der Waals surface area contributed by atoms with E-state index in [9.17, 15) is 8.42 Å². The zero-order valence-electron chi connectivity index (χ0n) is 13.4. The summed E-state index contributed by atoms with van der Waals surface area (Å²) in [4.78, 5) is 0. The van der Waals surface area contributed by atoms with Gasteiger partial charge in [0.2, 0.25) is 0 Å². The lowest BCUT2D eigenvalue weighted by Gasteiger charge is -2.24. The molecule has 1 aromatic rings. The van der Waals surface area contributed by atoms with Crippen molar-refractivity contribution in [1.82, 2.24) is 5.32 Å². The van der Waals surface area contributed by atoms with Gasteiger partial charge in [0.15, 0.2) is 9.84 Å². The average Bonchev–Trinajstić information content (AvgIpc) is 2.78. The van der Waals surface area contributed by atoms with E-state index in [1.165, 1.54) is 16.7 Å². The van der Waals surface area contributed by atoms with Crippen molar-refractivity contribution >= 4 is 9.84 Å². The first-order chi connectivity index (χ1) is 9.91. The van der Waals surface area contributed by atoms with E-state index in [1.54, 1.807) is 0 Å². The lowest BCUT2D eigenvalue weighted by atomic mass is 9.84. The number of hydrogen-bond acceptors (Lipinski definition) is 3. The van der Waals surface area contributed by atoms with Gasteiger partial charge in [-0.3, -0.25) is 0 Å². The highest BCUT2D eigenvalue weighted by molar-refractivity contribution is 7.91. The highest BCUT2D eigenvalue weighted by atomic mass is 32.2. The first-order valence-electron chi connectivity index (χ1n) is 7.88. The third-order valence-corrected chi connectivity index (χ3v) is 6.37. The van der Waals surface area contributed by atoms with Gasteiger partial charge >= 0.3 is 0 Å². The summed E-state index contributed by atoms with van der Waals surface area (Å²) in [6.45, 7) is 8.19. The molecule has 21 heavy (non-hydrogen) atoms. The molecular formula is C17H27NO2S. The fraction of sp³-hybridized carbons (Fsp3) is 0.647. The van der Waals surface area contributed by atoms with Crippen molar-refractivity contribution in [3.8, 4) is 0 Å². The van der Waals surface area contributed by atoms with E-state index >= 15 is 0 Å². The smallest absolute Gasteiger partial charge is 0.150 e. The second-order valence-electron chi connectivity index (χ2n) is 6.36. The van der Waals surface area contributed by atoms with E-state index in [0.29, 0.717) is 23.3 Å². The molecule has 0 aliphatic carbocycles. The van der Waals surface area contributed by atoms with Gasteiger partial charge in [0.25, 0.3) is 0 Å². The zero-order chi connectivity index (χ0) is 15.5. The SMILES string of the molecule is CCNCC(Cc1cc(C)ccc1C)C1CCS(=O)(=O)C1. The van der Waals surface area contributed by atoms with E-state index in [0.717, 1.165) is 25.9 Å². The highest BCUT2D eigenvalue weighted by Gasteiger charge is 2.33. The Kier molecular flexibility index (Phi) is 5.44. The van der Waals surface area contributed by atoms with Gasteiger partial charge in [-0.25, -0.2) is 8.42 Å². The van der Waals surface area contributed by atoms with E-state index < -0.39 is 9.84 Å². The van der Waals surface area contributed by atoms with Crippen LogP contribution in [0, 0.1) is 25.7 Å². The van der Waals surface area contributed by atoms with Crippen molar-refractivity contribution in [2.24, 2.45) is 11.8 Å². The summed E-state index contributed by atoms with van der Waals surface area (Å²) in [5.74, 6) is 1.44. The van der Waals surface area contributed by atoms with Gasteiger partial charge in [-0.05, 0) is 62.7 Å². The number of aryl methyl sites for hydroxylation is 2. The van der Waals surface area contributed by atoms with Crippen LogP contribution >= 0.6 is 0 Å². The summed E-state index contributed by atoms with van der Waals surface area (Å²) in [5, 5.41) is 3.41. The minimum absolute atomic E-state index is 0.300. The maximum atomic E-state index is 11.8. The predicted octanol–water partition coefficient (Wildman–Crippen LogP) is 2.51. The molecule has 1 N–H and O–H groups in total. The fourth-order valence-electron chi connectivity index (χ4n) is 3.23. The number of nitrogens with one attached hydrogen (secondary N) is 1. The average molecular weight is 309 g/mol. The van der Waals surface area contributed by atoms with Crippen LogP contribution in [0.2, 0.25) is 0 Å². The number of hydrogen-bond donors (Lipinski definition) is 1. The summed E-state index contributed by atoms with van der Waals surface area (Å²) < 4.78 is 23.5. The van der Waals surface area contributed by atoms with Crippen LogP contribution in [0.4, 0.5) is 0 Å². The molecule has 1 heterocycles. The molecule has 0 saturated carbocycles. The summed E-state index contributed by atoms with van der Waals surface area (Å²) in [6.07, 6.45) is 1.80. The molecule has 0 amide bonds. The zero-order valence-corrected chi connectivity index (χ0v) is 14.2. The maximum Gasteiger partial charge on any atom is 0.150 e. The van der Waals surface area contributed by atoms with E-state index in [-0.39, 0.29) is 0 Å². The molecule has 1 aliphatic rings. The molecule has 4 heteroatoms. The van der Waals surface area contributed by atoms with Crippen LogP contribution in [0.3, 0.4) is 0 Å². The van der Waals surface area contributed by atoms with Gasteiger partial charge in [-0.1, -0.05) is 30.7 Å². The van der Waals surface area contributed by atoms with Crippen molar-refractivity contribution < 1.29 is 8.42 Å². The summed E-state index contributed by atoms with van der Waals surface area (Å²) in [6, 6.07) is 6.55. The van der Waals surface area contributed by atoms with Crippen molar-refractivity contribution in [1.29, 1.82) is 0 Å². The van der Waals surface area contributed by atoms with Gasteiger partial charge in [0.05, 0.1) is 11.5 Å². The first-order valence-corrected chi connectivity index (χ1v) is 9.70. The third-order valence-electron chi connectivity index (χ3n) is 4.58. The second kappa shape index (κ2) is 6.93. The molecule has 0 radical (unpaired) electrons. The summed E-state index contributed by atoms with van der Waals surface area (Å²) in [7, 11) is -2.80. The van der Waals surface area contributed by atoms with Crippen LogP contribution in [-0.4, -0.2) is 33.0 Å². The molecular weight excluding hydrogens is 282 g/mol. The summed E-state index contributed by atoms with van der Waals surface area (Å²) in [5.41, 5.74) is 3.95. The van der Waals surface area contributed by atoms with Gasteiger partial charge < -0.3 is 5.32 Å². The number of sulfone groups is 1. The van der Waals surface area contributed by atoms with Crippen molar-refractivity contribution in [2.45, 2.75) is 33.6 Å². The van der Waals surface area contributed by atoms with Gasteiger partial charge in [-0.2, -0.15) is 0 Å². The Morgan fingerprint density at radius 1 is 1.33 bits per heavy atom. The van der Waals surface area contributed by atoms with E-state index in [4.69, 9.17) is 0 Å². The normalized spacial score (nSPS) is 22.3. The molecule has 118 valence electrons. The standard InChI is InChI=1S/C17H27NO2S/c1-4-18-11-17(15-7-8-21(19,20)12-15)10-16-9-13(2)5-6-14(16)3/h5-6,9,15,17-18H,4,7-8,10-12H2,1-3H3. The van der Waals surface area contributed by atoms with Gasteiger partial charge in [0, 0.05) is 0 Å². The fourth-order valence-corrected chi connectivity index (χ4v) is 5.15. The maximum absolute atomic E-state index is 11.8. The second-order valence-corrected chi connectivity index (χ2v) is 8.59. The van der Waals surface area contributed by atoms with Crippen molar-refractivity contribution in [3.05, 3.63) is 34.9 Å². The molecule has 1 aliphatic heterocycles. The molecule has 0 spiro atoms. The Morgan fingerprint density at radius 3 is 2.71 bits per heavy atom. The quantitative estimate of drug-likeness (QED) is 0.878. The first kappa shape index (κ1) is 16.5. The molecule has 1 aromatic carbocycles. The summed E-state index contributed by atoms with van der Waals surface area (Å²) >= 11 is 0. The van der Waals surface area contributed by atoms with Crippen LogP contribution in [0.5, 0.6) is 0 Å². The molecule has 0 bridgehead atoms. The van der Waals surface area contributed by atoms with E-state index in [1.807, 2.05) is 0 Å². The minimum atomic E-state index is -2.80. The number of benzene rings is 1. The predicted molar refractivity (Wildman–Crippen MR) is 88.4 cm³/mol. The molecule has 2 atom stereocenters. The van der Waals surface area contributed by atoms with Crippen LogP contribution < -0.4 is 5.32 Å². The third kappa shape index (κ3) is 4.55. The number of rotatable bonds is 6. The van der Waals surface area contributed by atoms with Crippen LogP contribution in [0.25, 0.3) is 0 Å². The molecule has 2 unspecified atom stereocenters. The molecule has 2 rings (SSSR count). The Balaban J connectivity index is 2.14. The van der Waals surface area contributed by atoms with Crippen LogP contribution in [-0.2, 0) is 16.3 Å². The van der Waals surface area contributed by atoms with Crippen molar-refractivity contribution in [3.63, 3.8) is 0 Å². The molecule has 0 aromatic heterocycles. The van der Waals surface area contributed by atoms with Crippen LogP contribution in [0.15, 0.2) is 18.2 Å². The Hall–Kier alpha value is -0.870. The van der Waals surface area contributed by atoms with Crippen LogP contribution in [0.1, 0.15) is 30.0 Å². The molecule has 3 nitrogen and oxygen atoms in total. The van der Waals surface area contributed by atoms with Gasteiger partial charge in [0.1, 0.15) is 0 Å². The van der Waals surface area contributed by atoms with E-state index in [2.05, 4.69) is 44.3 Å². The highest BCUT2D eigenvalue weighted by Crippen LogP contribution is 2.29. The Labute approximate surface area is 129 Å². The molecule has 1 fully saturated rings. The lowest BCUT2D eigenvalue weighted by Crippen LogP contribution is -2.30. The molecule has 1 saturated heterocycles. The monoisotopic (exact) mass is 309 g/mol. The lowest BCUT2D eigenvalue weighted by molar-refractivity contribution is 0.345. The Bertz CT molecular complexity index is 580. The van der Waals surface area contributed by atoms with Gasteiger partial charge in [-0.15, -0.1) is 0 Å². The largest absolute Gasteiger partial charge is 0.317 e. The topological polar surface area (TPSA) is 46.2 Å². The minimum Gasteiger partial charge on any atom is -0.317 e.